The lowest BCUT2D eigenvalue weighted by Crippen LogP contribution is -2.21. The molecular weight excluding hydrogens is 218 g/mol. The fourth-order valence-electron chi connectivity index (χ4n) is 2.18. The molecule has 3 heteroatoms. The van der Waals surface area contributed by atoms with Gasteiger partial charge in [0.25, 0.3) is 0 Å². The molecule has 1 aliphatic heterocycles. The highest BCUT2D eigenvalue weighted by atomic mass is 32.2. The summed E-state index contributed by atoms with van der Waals surface area (Å²) in [5, 5.41) is 0. The van der Waals surface area contributed by atoms with Crippen LogP contribution >= 0.6 is 11.8 Å². The third-order valence-corrected chi connectivity index (χ3v) is 4.41. The van der Waals surface area contributed by atoms with Gasteiger partial charge in [0.2, 0.25) is 0 Å². The summed E-state index contributed by atoms with van der Waals surface area (Å²) in [6.45, 7) is 2.07. The molecule has 1 fully saturated rings. The first-order valence-electron chi connectivity index (χ1n) is 5.70. The summed E-state index contributed by atoms with van der Waals surface area (Å²) >= 11 is 2.00. The van der Waals surface area contributed by atoms with Crippen LogP contribution in [0, 0.1) is 12.8 Å². The number of hydrogen-bond acceptors (Lipinski definition) is 3. The van der Waals surface area contributed by atoms with Crippen molar-refractivity contribution in [3.05, 3.63) is 29.3 Å². The highest BCUT2D eigenvalue weighted by Crippen LogP contribution is 2.36. The predicted octanol–water partition coefficient (Wildman–Crippen LogP) is 2.76. The number of aryl methyl sites for hydroxylation is 1. The number of nitrogens with two attached hydrogens (primary N) is 1. The van der Waals surface area contributed by atoms with Crippen molar-refractivity contribution >= 4 is 11.8 Å². The van der Waals surface area contributed by atoms with Crippen molar-refractivity contribution in [2.75, 3.05) is 18.6 Å². The van der Waals surface area contributed by atoms with Gasteiger partial charge >= 0.3 is 0 Å². The maximum Gasteiger partial charge on any atom is 0.123 e. The van der Waals surface area contributed by atoms with E-state index in [1.165, 1.54) is 23.5 Å². The summed E-state index contributed by atoms with van der Waals surface area (Å²) in [5.74, 6) is 3.95. The molecule has 1 heterocycles. The van der Waals surface area contributed by atoms with Crippen LogP contribution in [0.15, 0.2) is 18.2 Å². The van der Waals surface area contributed by atoms with E-state index in [-0.39, 0.29) is 6.04 Å². The highest BCUT2D eigenvalue weighted by Gasteiger charge is 2.25. The molecule has 0 saturated carbocycles. The number of ether oxygens (including phenoxy) is 1. The van der Waals surface area contributed by atoms with Crippen molar-refractivity contribution in [1.29, 1.82) is 0 Å². The molecule has 0 radical (unpaired) electrons. The Labute approximate surface area is 102 Å². The Morgan fingerprint density at radius 3 is 2.94 bits per heavy atom. The SMILES string of the molecule is COc1cc(C)ccc1C(N)C1CCSC1. The monoisotopic (exact) mass is 237 g/mol. The second kappa shape index (κ2) is 5.11. The van der Waals surface area contributed by atoms with Gasteiger partial charge in [0.15, 0.2) is 0 Å². The zero-order valence-corrected chi connectivity index (χ0v) is 10.7. The quantitative estimate of drug-likeness (QED) is 0.878. The lowest BCUT2D eigenvalue weighted by molar-refractivity contribution is 0.392. The van der Waals surface area contributed by atoms with Gasteiger partial charge in [-0.25, -0.2) is 0 Å². The van der Waals surface area contributed by atoms with E-state index in [0.717, 1.165) is 11.3 Å². The van der Waals surface area contributed by atoms with Gasteiger partial charge in [0, 0.05) is 11.6 Å². The van der Waals surface area contributed by atoms with Gasteiger partial charge in [0.1, 0.15) is 5.75 Å². The normalized spacial score (nSPS) is 22.1. The van der Waals surface area contributed by atoms with E-state index in [1.54, 1.807) is 7.11 Å². The fourth-order valence-corrected chi connectivity index (χ4v) is 3.50. The summed E-state index contributed by atoms with van der Waals surface area (Å²) in [7, 11) is 1.72. The summed E-state index contributed by atoms with van der Waals surface area (Å²) in [6, 6.07) is 6.41. The van der Waals surface area contributed by atoms with Crippen molar-refractivity contribution in [2.24, 2.45) is 11.7 Å². The second-order valence-electron chi connectivity index (χ2n) is 4.39. The molecule has 2 unspecified atom stereocenters. The lowest BCUT2D eigenvalue weighted by Gasteiger charge is -2.21. The molecule has 0 amide bonds. The molecule has 1 saturated heterocycles. The summed E-state index contributed by atoms with van der Waals surface area (Å²) in [6.07, 6.45) is 1.23. The summed E-state index contributed by atoms with van der Waals surface area (Å²) < 4.78 is 5.42. The number of benzene rings is 1. The Kier molecular flexibility index (Phi) is 3.77. The maximum atomic E-state index is 6.33. The molecule has 1 aromatic rings. The van der Waals surface area contributed by atoms with E-state index in [2.05, 4.69) is 25.1 Å². The van der Waals surface area contributed by atoms with Gasteiger partial charge in [-0.2, -0.15) is 11.8 Å². The summed E-state index contributed by atoms with van der Waals surface area (Å²) in [4.78, 5) is 0. The predicted molar refractivity (Wildman–Crippen MR) is 70.1 cm³/mol. The van der Waals surface area contributed by atoms with Gasteiger partial charge in [-0.15, -0.1) is 0 Å². The van der Waals surface area contributed by atoms with Crippen LogP contribution in [0.2, 0.25) is 0 Å². The molecule has 0 aliphatic carbocycles. The number of hydrogen-bond donors (Lipinski definition) is 1. The summed E-state index contributed by atoms with van der Waals surface area (Å²) in [5.41, 5.74) is 8.70. The van der Waals surface area contributed by atoms with Crippen molar-refractivity contribution < 1.29 is 4.74 Å². The van der Waals surface area contributed by atoms with Gasteiger partial charge in [-0.05, 0) is 42.4 Å². The zero-order chi connectivity index (χ0) is 11.5. The number of thioether (sulfide) groups is 1. The molecule has 2 rings (SSSR count). The Morgan fingerprint density at radius 2 is 2.31 bits per heavy atom. The molecule has 1 aliphatic rings. The van der Waals surface area contributed by atoms with Crippen molar-refractivity contribution in [2.45, 2.75) is 19.4 Å². The van der Waals surface area contributed by atoms with Crippen molar-refractivity contribution in [3.63, 3.8) is 0 Å². The Hall–Kier alpha value is -0.670. The Balaban J connectivity index is 2.24. The van der Waals surface area contributed by atoms with Crippen LogP contribution in [0.25, 0.3) is 0 Å². The molecule has 0 spiro atoms. The number of methoxy groups -OCH3 is 1. The molecule has 0 bridgehead atoms. The molecular formula is C13H19NOS. The fraction of sp³-hybridized carbons (Fsp3) is 0.538. The van der Waals surface area contributed by atoms with Crippen LogP contribution in [-0.4, -0.2) is 18.6 Å². The van der Waals surface area contributed by atoms with E-state index >= 15 is 0 Å². The maximum absolute atomic E-state index is 6.33. The third kappa shape index (κ3) is 2.36. The van der Waals surface area contributed by atoms with Gasteiger partial charge in [0.05, 0.1) is 7.11 Å². The van der Waals surface area contributed by atoms with Crippen LogP contribution in [0.1, 0.15) is 23.6 Å². The molecule has 16 heavy (non-hydrogen) atoms. The first kappa shape index (κ1) is 11.8. The molecule has 0 aromatic heterocycles. The first-order chi connectivity index (χ1) is 7.72. The van der Waals surface area contributed by atoms with Crippen LogP contribution < -0.4 is 10.5 Å². The van der Waals surface area contributed by atoms with E-state index in [9.17, 15) is 0 Å². The lowest BCUT2D eigenvalue weighted by atomic mass is 9.92. The average Bonchev–Trinajstić information content (AvgIpc) is 2.81. The standard InChI is InChI=1S/C13H19NOS/c1-9-3-4-11(12(7-9)15-2)13(14)10-5-6-16-8-10/h3-4,7,10,13H,5-6,8,14H2,1-2H3. The van der Waals surface area contributed by atoms with E-state index in [4.69, 9.17) is 10.5 Å². The Bertz CT molecular complexity index is 361. The van der Waals surface area contributed by atoms with Crippen LogP contribution in [-0.2, 0) is 0 Å². The van der Waals surface area contributed by atoms with Crippen LogP contribution in [0.4, 0.5) is 0 Å². The van der Waals surface area contributed by atoms with Crippen LogP contribution in [0.3, 0.4) is 0 Å². The molecule has 2 nitrogen and oxygen atoms in total. The number of rotatable bonds is 3. The van der Waals surface area contributed by atoms with Crippen molar-refractivity contribution in [3.8, 4) is 5.75 Å². The third-order valence-electron chi connectivity index (χ3n) is 3.22. The molecule has 2 atom stereocenters. The Morgan fingerprint density at radius 1 is 1.50 bits per heavy atom. The van der Waals surface area contributed by atoms with E-state index < -0.39 is 0 Å². The largest absolute Gasteiger partial charge is 0.496 e. The van der Waals surface area contributed by atoms with Gasteiger partial charge in [-0.3, -0.25) is 0 Å². The minimum Gasteiger partial charge on any atom is -0.496 e. The topological polar surface area (TPSA) is 35.2 Å². The first-order valence-corrected chi connectivity index (χ1v) is 6.85. The van der Waals surface area contributed by atoms with Gasteiger partial charge in [-0.1, -0.05) is 12.1 Å². The van der Waals surface area contributed by atoms with E-state index in [1.807, 2.05) is 11.8 Å². The highest BCUT2D eigenvalue weighted by molar-refractivity contribution is 7.99. The molecule has 1 aromatic carbocycles. The molecule has 88 valence electrons. The van der Waals surface area contributed by atoms with Crippen molar-refractivity contribution in [1.82, 2.24) is 0 Å². The van der Waals surface area contributed by atoms with Gasteiger partial charge < -0.3 is 10.5 Å². The minimum atomic E-state index is 0.116. The minimum absolute atomic E-state index is 0.116. The zero-order valence-electron chi connectivity index (χ0n) is 9.90. The van der Waals surface area contributed by atoms with Crippen LogP contribution in [0.5, 0.6) is 5.75 Å². The van der Waals surface area contributed by atoms with E-state index in [0.29, 0.717) is 5.92 Å². The smallest absolute Gasteiger partial charge is 0.123 e. The average molecular weight is 237 g/mol. The second-order valence-corrected chi connectivity index (χ2v) is 5.54. The molecule has 2 N–H and O–H groups in total.